The summed E-state index contributed by atoms with van der Waals surface area (Å²) in [5, 5.41) is 3.47. The fourth-order valence-electron chi connectivity index (χ4n) is 1.87. The molecule has 0 spiro atoms. The lowest BCUT2D eigenvalue weighted by Gasteiger charge is -2.07. The largest absolute Gasteiger partial charge is 0.309 e. The zero-order valence-electron chi connectivity index (χ0n) is 10.8. The highest BCUT2D eigenvalue weighted by atomic mass is 79.9. The molecule has 2 aromatic carbocycles. The molecule has 2 heteroatoms. The Balaban J connectivity index is 1.88. The Morgan fingerprint density at radius 3 is 2.17 bits per heavy atom. The van der Waals surface area contributed by atoms with Crippen molar-refractivity contribution in [1.29, 1.82) is 0 Å². The van der Waals surface area contributed by atoms with Crippen molar-refractivity contribution < 1.29 is 0 Å². The van der Waals surface area contributed by atoms with Crippen molar-refractivity contribution >= 4 is 15.9 Å². The van der Waals surface area contributed by atoms with Gasteiger partial charge in [0.1, 0.15) is 0 Å². The number of hydrogen-bond donors (Lipinski definition) is 1. The summed E-state index contributed by atoms with van der Waals surface area (Å²) in [5.74, 6) is 0. The van der Waals surface area contributed by atoms with E-state index in [1.54, 1.807) is 0 Å². The molecule has 0 heterocycles. The smallest absolute Gasteiger partial charge is 0.0208 e. The normalized spacial score (nSPS) is 10.6. The third-order valence-corrected chi connectivity index (χ3v) is 3.89. The molecular weight excluding hydrogens is 286 g/mol. The summed E-state index contributed by atoms with van der Waals surface area (Å²) in [6.45, 7) is 6.05. The Bertz CT molecular complexity index is 517. The van der Waals surface area contributed by atoms with E-state index in [0.717, 1.165) is 13.1 Å². The van der Waals surface area contributed by atoms with Crippen LogP contribution < -0.4 is 5.32 Å². The molecule has 2 aromatic rings. The maximum absolute atomic E-state index is 3.52. The highest BCUT2D eigenvalue weighted by molar-refractivity contribution is 9.10. The molecule has 1 N–H and O–H groups in total. The van der Waals surface area contributed by atoms with Gasteiger partial charge in [0.25, 0.3) is 0 Å². The van der Waals surface area contributed by atoms with E-state index < -0.39 is 0 Å². The Hall–Kier alpha value is -1.12. The van der Waals surface area contributed by atoms with Crippen LogP contribution in [0.15, 0.2) is 46.9 Å². The van der Waals surface area contributed by atoms with Gasteiger partial charge in [-0.15, -0.1) is 0 Å². The van der Waals surface area contributed by atoms with Gasteiger partial charge in [-0.25, -0.2) is 0 Å². The van der Waals surface area contributed by atoms with Crippen LogP contribution in [0.5, 0.6) is 0 Å². The second kappa shape index (κ2) is 6.17. The highest BCUT2D eigenvalue weighted by Gasteiger charge is 1.98. The molecule has 18 heavy (non-hydrogen) atoms. The number of aryl methyl sites for hydroxylation is 2. The van der Waals surface area contributed by atoms with Crippen LogP contribution in [0.1, 0.15) is 22.3 Å². The molecule has 0 unspecified atom stereocenters. The van der Waals surface area contributed by atoms with Crippen LogP contribution in [-0.4, -0.2) is 0 Å². The molecule has 94 valence electrons. The predicted molar refractivity (Wildman–Crippen MR) is 80.6 cm³/mol. The van der Waals surface area contributed by atoms with Crippen LogP contribution in [0.4, 0.5) is 0 Å². The Labute approximate surface area is 117 Å². The van der Waals surface area contributed by atoms with Crippen molar-refractivity contribution in [1.82, 2.24) is 5.32 Å². The van der Waals surface area contributed by atoms with E-state index in [2.05, 4.69) is 77.6 Å². The summed E-state index contributed by atoms with van der Waals surface area (Å²) in [4.78, 5) is 0. The molecule has 2 rings (SSSR count). The second-order valence-corrected chi connectivity index (χ2v) is 5.53. The van der Waals surface area contributed by atoms with Crippen LogP contribution >= 0.6 is 15.9 Å². The molecule has 0 amide bonds. The zero-order valence-corrected chi connectivity index (χ0v) is 12.4. The predicted octanol–water partition coefficient (Wildman–Crippen LogP) is 4.36. The van der Waals surface area contributed by atoms with Crippen molar-refractivity contribution in [3.63, 3.8) is 0 Å². The molecule has 0 aromatic heterocycles. The lowest BCUT2D eigenvalue weighted by molar-refractivity contribution is 0.693. The molecular formula is C16H18BrN. The standard InChI is InChI=1S/C16H18BrN/c1-12-3-5-14(6-4-12)10-18-11-15-7-8-16(17)13(2)9-15/h3-9,18H,10-11H2,1-2H3. The molecule has 0 atom stereocenters. The number of rotatable bonds is 4. The van der Waals surface area contributed by atoms with Gasteiger partial charge < -0.3 is 5.32 Å². The average Bonchev–Trinajstić information content (AvgIpc) is 2.36. The van der Waals surface area contributed by atoms with E-state index in [1.165, 1.54) is 26.7 Å². The van der Waals surface area contributed by atoms with Crippen LogP contribution in [0.3, 0.4) is 0 Å². The van der Waals surface area contributed by atoms with E-state index >= 15 is 0 Å². The second-order valence-electron chi connectivity index (χ2n) is 4.67. The molecule has 0 fully saturated rings. The molecule has 0 aliphatic carbocycles. The fraction of sp³-hybridized carbons (Fsp3) is 0.250. The van der Waals surface area contributed by atoms with Gasteiger partial charge in [-0.05, 0) is 36.6 Å². The third-order valence-electron chi connectivity index (χ3n) is 3.00. The van der Waals surface area contributed by atoms with Crippen molar-refractivity contribution in [2.45, 2.75) is 26.9 Å². The first-order chi connectivity index (χ1) is 8.65. The Morgan fingerprint density at radius 1 is 0.889 bits per heavy atom. The Morgan fingerprint density at radius 2 is 1.50 bits per heavy atom. The fourth-order valence-corrected chi connectivity index (χ4v) is 2.12. The number of nitrogens with one attached hydrogen (secondary N) is 1. The van der Waals surface area contributed by atoms with Gasteiger partial charge in [-0.1, -0.05) is 57.9 Å². The maximum atomic E-state index is 3.52. The average molecular weight is 304 g/mol. The summed E-state index contributed by atoms with van der Waals surface area (Å²) >= 11 is 3.52. The van der Waals surface area contributed by atoms with Gasteiger partial charge in [0.05, 0.1) is 0 Å². The quantitative estimate of drug-likeness (QED) is 0.885. The van der Waals surface area contributed by atoms with Crippen LogP contribution in [0.2, 0.25) is 0 Å². The monoisotopic (exact) mass is 303 g/mol. The molecule has 0 radical (unpaired) electrons. The lowest BCUT2D eigenvalue weighted by atomic mass is 10.1. The summed E-state index contributed by atoms with van der Waals surface area (Å²) in [7, 11) is 0. The summed E-state index contributed by atoms with van der Waals surface area (Å²) in [5.41, 5.74) is 5.24. The summed E-state index contributed by atoms with van der Waals surface area (Å²) in [6.07, 6.45) is 0. The van der Waals surface area contributed by atoms with Crippen molar-refractivity contribution in [3.05, 3.63) is 69.2 Å². The van der Waals surface area contributed by atoms with Gasteiger partial charge in [0, 0.05) is 17.6 Å². The Kier molecular flexibility index (Phi) is 4.56. The number of halogens is 1. The maximum Gasteiger partial charge on any atom is 0.0208 e. The number of benzene rings is 2. The molecule has 1 nitrogen and oxygen atoms in total. The van der Waals surface area contributed by atoms with Gasteiger partial charge in [0.15, 0.2) is 0 Å². The first-order valence-electron chi connectivity index (χ1n) is 6.16. The first kappa shape index (κ1) is 13.3. The molecule has 0 aliphatic rings. The minimum atomic E-state index is 0.905. The third kappa shape index (κ3) is 3.69. The van der Waals surface area contributed by atoms with E-state index in [4.69, 9.17) is 0 Å². The van der Waals surface area contributed by atoms with Crippen LogP contribution in [0.25, 0.3) is 0 Å². The summed E-state index contributed by atoms with van der Waals surface area (Å²) < 4.78 is 1.17. The van der Waals surface area contributed by atoms with Crippen LogP contribution in [0, 0.1) is 13.8 Å². The number of hydrogen-bond acceptors (Lipinski definition) is 1. The van der Waals surface area contributed by atoms with Gasteiger partial charge >= 0.3 is 0 Å². The van der Waals surface area contributed by atoms with Crippen molar-refractivity contribution in [2.24, 2.45) is 0 Å². The van der Waals surface area contributed by atoms with E-state index in [-0.39, 0.29) is 0 Å². The highest BCUT2D eigenvalue weighted by Crippen LogP contribution is 2.17. The van der Waals surface area contributed by atoms with E-state index in [9.17, 15) is 0 Å². The topological polar surface area (TPSA) is 12.0 Å². The molecule has 0 saturated heterocycles. The minimum absolute atomic E-state index is 0.905. The molecule has 0 saturated carbocycles. The van der Waals surface area contributed by atoms with Gasteiger partial charge in [-0.3, -0.25) is 0 Å². The first-order valence-corrected chi connectivity index (χ1v) is 6.96. The lowest BCUT2D eigenvalue weighted by Crippen LogP contribution is -2.12. The van der Waals surface area contributed by atoms with Crippen molar-refractivity contribution in [3.8, 4) is 0 Å². The van der Waals surface area contributed by atoms with E-state index in [0.29, 0.717) is 0 Å². The van der Waals surface area contributed by atoms with E-state index in [1.807, 2.05) is 0 Å². The molecule has 0 bridgehead atoms. The van der Waals surface area contributed by atoms with Gasteiger partial charge in [0.2, 0.25) is 0 Å². The molecule has 0 aliphatic heterocycles. The minimum Gasteiger partial charge on any atom is -0.309 e. The zero-order chi connectivity index (χ0) is 13.0. The van der Waals surface area contributed by atoms with Crippen molar-refractivity contribution in [2.75, 3.05) is 0 Å². The van der Waals surface area contributed by atoms with Gasteiger partial charge in [-0.2, -0.15) is 0 Å². The SMILES string of the molecule is Cc1ccc(CNCc2ccc(Br)c(C)c2)cc1. The summed E-state index contributed by atoms with van der Waals surface area (Å²) in [6, 6.07) is 15.1. The van der Waals surface area contributed by atoms with Crippen LogP contribution in [-0.2, 0) is 13.1 Å².